The molecule has 0 aromatic heterocycles. The van der Waals surface area contributed by atoms with Crippen LogP contribution in [0.5, 0.6) is 0 Å². The quantitative estimate of drug-likeness (QED) is 0.682. The second kappa shape index (κ2) is 3.80. The number of benzene rings is 1. The summed E-state index contributed by atoms with van der Waals surface area (Å²) in [5, 5.41) is 1.75. The summed E-state index contributed by atoms with van der Waals surface area (Å²) < 4.78 is 31.9. The first-order valence-corrected chi connectivity index (χ1v) is 6.89. The first-order chi connectivity index (χ1) is 8.55. The third-order valence-corrected chi connectivity index (χ3v) is 3.83. The van der Waals surface area contributed by atoms with E-state index in [4.69, 9.17) is 0 Å². The van der Waals surface area contributed by atoms with Crippen LogP contribution in [0, 0.1) is 0 Å². The minimum absolute atomic E-state index is 0.0834. The van der Waals surface area contributed by atoms with E-state index in [2.05, 4.69) is 0 Å². The van der Waals surface area contributed by atoms with Crippen molar-refractivity contribution in [3.63, 3.8) is 0 Å². The van der Waals surface area contributed by atoms with Crippen LogP contribution in [0.15, 0.2) is 59.5 Å². The van der Waals surface area contributed by atoms with Crippen LogP contribution >= 0.6 is 0 Å². The average molecular weight is 258 g/mol. The molecule has 1 N–H and O–H groups in total. The highest BCUT2D eigenvalue weighted by atomic mass is 32.2. The van der Waals surface area contributed by atoms with Gasteiger partial charge in [0.05, 0.1) is 4.90 Å². The molecule has 0 radical (unpaired) electrons. The van der Waals surface area contributed by atoms with E-state index >= 15 is 0 Å². The van der Waals surface area contributed by atoms with Gasteiger partial charge in [-0.15, -0.1) is 0 Å². The van der Waals surface area contributed by atoms with Crippen LogP contribution in [0.25, 0.3) is 21.9 Å². The summed E-state index contributed by atoms with van der Waals surface area (Å²) in [5.74, 6) is 0. The van der Waals surface area contributed by atoms with E-state index in [0.29, 0.717) is 0 Å². The second-order valence-corrected chi connectivity index (χ2v) is 5.57. The monoisotopic (exact) mass is 258 g/mol. The van der Waals surface area contributed by atoms with Crippen molar-refractivity contribution >= 4 is 20.9 Å². The Morgan fingerprint density at radius 3 is 2.44 bits per heavy atom. The van der Waals surface area contributed by atoms with Crippen molar-refractivity contribution in [2.75, 3.05) is 0 Å². The first-order valence-electron chi connectivity index (χ1n) is 5.45. The van der Waals surface area contributed by atoms with E-state index in [9.17, 15) is 13.0 Å². The highest BCUT2D eigenvalue weighted by Crippen LogP contribution is 2.32. The van der Waals surface area contributed by atoms with E-state index in [1.165, 1.54) is 12.1 Å². The van der Waals surface area contributed by atoms with E-state index in [1.807, 2.05) is 42.5 Å². The average Bonchev–Trinajstić information content (AvgIpc) is 2.70. The minimum Gasteiger partial charge on any atom is -0.282 e. The third kappa shape index (κ3) is 1.75. The normalized spacial score (nSPS) is 12.1. The Balaban J connectivity index is 2.54. The Hall–Kier alpha value is -1.91. The molecule has 0 atom stereocenters. The van der Waals surface area contributed by atoms with E-state index < -0.39 is 10.1 Å². The zero-order valence-electron chi connectivity index (χ0n) is 9.37. The summed E-state index contributed by atoms with van der Waals surface area (Å²) in [6.07, 6.45) is 0. The largest absolute Gasteiger partial charge is 0.294 e. The van der Waals surface area contributed by atoms with Crippen LogP contribution in [-0.2, 0) is 10.1 Å². The number of fused-ring (bicyclic) bond motifs is 3. The zero-order chi connectivity index (χ0) is 12.8. The van der Waals surface area contributed by atoms with Gasteiger partial charge in [0.15, 0.2) is 0 Å². The van der Waals surface area contributed by atoms with Crippen LogP contribution in [0.4, 0.5) is 0 Å². The second-order valence-electron chi connectivity index (χ2n) is 4.15. The fourth-order valence-corrected chi connectivity index (χ4v) is 2.72. The molecule has 1 aromatic rings. The van der Waals surface area contributed by atoms with Crippen molar-refractivity contribution in [2.45, 2.75) is 4.90 Å². The van der Waals surface area contributed by atoms with Crippen LogP contribution in [0.1, 0.15) is 0 Å². The Labute approximate surface area is 105 Å². The van der Waals surface area contributed by atoms with Crippen LogP contribution in [0.3, 0.4) is 0 Å². The molecule has 0 amide bonds. The maximum atomic E-state index is 11.3. The van der Waals surface area contributed by atoms with Gasteiger partial charge in [-0.05, 0) is 34.0 Å². The molecular weight excluding hydrogens is 248 g/mol. The third-order valence-electron chi connectivity index (χ3n) is 2.99. The van der Waals surface area contributed by atoms with Gasteiger partial charge in [0.25, 0.3) is 10.1 Å². The molecule has 90 valence electrons. The van der Waals surface area contributed by atoms with Gasteiger partial charge >= 0.3 is 0 Å². The van der Waals surface area contributed by atoms with Crippen molar-refractivity contribution in [1.82, 2.24) is 0 Å². The Morgan fingerprint density at radius 1 is 0.889 bits per heavy atom. The number of rotatable bonds is 1. The molecule has 3 nitrogen and oxygen atoms in total. The van der Waals surface area contributed by atoms with Crippen LogP contribution < -0.4 is 0 Å². The SMILES string of the molecule is O=S(=O)(O)c1cc2cccc-2c2ccccc2c1. The minimum atomic E-state index is -4.21. The lowest BCUT2D eigenvalue weighted by Crippen LogP contribution is -1.96. The fraction of sp³-hybridized carbons (Fsp3) is 0. The van der Waals surface area contributed by atoms with Gasteiger partial charge in [0, 0.05) is 0 Å². The maximum absolute atomic E-state index is 11.3. The van der Waals surface area contributed by atoms with Crippen molar-refractivity contribution in [3.05, 3.63) is 54.6 Å². The summed E-state index contributed by atoms with van der Waals surface area (Å²) in [6.45, 7) is 0. The molecule has 0 fully saturated rings. The highest BCUT2D eigenvalue weighted by molar-refractivity contribution is 7.85. The van der Waals surface area contributed by atoms with Crippen molar-refractivity contribution < 1.29 is 13.0 Å². The smallest absolute Gasteiger partial charge is 0.282 e. The molecule has 0 spiro atoms. The van der Waals surface area contributed by atoms with E-state index in [1.54, 1.807) is 0 Å². The first kappa shape index (κ1) is 11.2. The standard InChI is InChI=1S/C14H10O3S/c15-18(16,17)12-8-10-4-1-2-6-13(10)14-7-3-5-11(14)9-12/h1-9H,(H,15,16,17). The molecule has 0 aliphatic heterocycles. The lowest BCUT2D eigenvalue weighted by molar-refractivity contribution is 0.483. The molecule has 0 unspecified atom stereocenters. The molecule has 0 saturated heterocycles. The molecule has 0 saturated carbocycles. The molecule has 0 bridgehead atoms. The Bertz CT molecular complexity index is 806. The van der Waals surface area contributed by atoms with Crippen LogP contribution in [0.2, 0.25) is 0 Å². The summed E-state index contributed by atoms with van der Waals surface area (Å²) >= 11 is 0. The maximum Gasteiger partial charge on any atom is 0.294 e. The molecular formula is C14H10O3S. The molecule has 4 heteroatoms. The van der Waals surface area contributed by atoms with Crippen molar-refractivity contribution in [2.24, 2.45) is 0 Å². The van der Waals surface area contributed by atoms with Gasteiger partial charge in [-0.2, -0.15) is 8.42 Å². The Morgan fingerprint density at radius 2 is 1.67 bits per heavy atom. The molecule has 2 aliphatic carbocycles. The lowest BCUT2D eigenvalue weighted by atomic mass is 10.1. The van der Waals surface area contributed by atoms with Gasteiger partial charge < -0.3 is 0 Å². The predicted octanol–water partition coefficient (Wildman–Crippen LogP) is 3.19. The molecule has 3 rings (SSSR count). The number of hydrogen-bond donors (Lipinski definition) is 1. The lowest BCUT2D eigenvalue weighted by Gasteiger charge is -1.96. The van der Waals surface area contributed by atoms with Crippen molar-refractivity contribution in [1.29, 1.82) is 0 Å². The topological polar surface area (TPSA) is 54.4 Å². The highest BCUT2D eigenvalue weighted by Gasteiger charge is 2.13. The summed E-state index contributed by atoms with van der Waals surface area (Å²) in [5.41, 5.74) is 1.77. The Kier molecular flexibility index (Phi) is 2.36. The number of hydrogen-bond acceptors (Lipinski definition) is 2. The fourth-order valence-electron chi connectivity index (χ4n) is 2.17. The summed E-state index contributed by atoms with van der Waals surface area (Å²) in [7, 11) is -4.21. The van der Waals surface area contributed by atoms with Gasteiger partial charge in [-0.25, -0.2) is 0 Å². The van der Waals surface area contributed by atoms with Crippen molar-refractivity contribution in [3.8, 4) is 11.1 Å². The van der Waals surface area contributed by atoms with Gasteiger partial charge in [-0.3, -0.25) is 4.55 Å². The van der Waals surface area contributed by atoms with E-state index in [-0.39, 0.29) is 4.90 Å². The van der Waals surface area contributed by atoms with E-state index in [0.717, 1.165) is 21.9 Å². The molecule has 1 aromatic carbocycles. The predicted molar refractivity (Wildman–Crippen MR) is 70.4 cm³/mol. The van der Waals surface area contributed by atoms with Crippen LogP contribution in [-0.4, -0.2) is 13.0 Å². The summed E-state index contributed by atoms with van der Waals surface area (Å²) in [6, 6.07) is 16.1. The molecule has 0 heterocycles. The zero-order valence-corrected chi connectivity index (χ0v) is 10.2. The van der Waals surface area contributed by atoms with Gasteiger partial charge in [0.1, 0.15) is 0 Å². The molecule has 18 heavy (non-hydrogen) atoms. The van der Waals surface area contributed by atoms with Gasteiger partial charge in [-0.1, -0.05) is 42.5 Å². The summed E-state index contributed by atoms with van der Waals surface area (Å²) in [4.78, 5) is -0.0834. The van der Waals surface area contributed by atoms with Gasteiger partial charge in [0.2, 0.25) is 0 Å². The molecule has 2 aliphatic rings.